The minimum atomic E-state index is -0.593. The lowest BCUT2D eigenvalue weighted by Gasteiger charge is -2.25. The van der Waals surface area contributed by atoms with Crippen LogP contribution in [0.5, 0.6) is 0 Å². The third kappa shape index (κ3) is 5.10. The van der Waals surface area contributed by atoms with Gasteiger partial charge in [0.1, 0.15) is 15.6 Å². The highest BCUT2D eigenvalue weighted by Crippen LogP contribution is 2.40. The fraction of sp³-hybridized carbons (Fsp3) is 0.481. The molecule has 5 rings (SSSR count). The quantitative estimate of drug-likeness (QED) is 0.402. The van der Waals surface area contributed by atoms with Gasteiger partial charge in [-0.05, 0) is 76.3 Å². The Balaban J connectivity index is 1.35. The average molecular weight is 527 g/mol. The second kappa shape index (κ2) is 10.0. The molecule has 0 atom stereocenters. The maximum Gasteiger partial charge on any atom is 0.341 e. The Morgan fingerprint density at radius 1 is 1.06 bits per heavy atom. The van der Waals surface area contributed by atoms with Crippen molar-refractivity contribution >= 4 is 39.7 Å². The van der Waals surface area contributed by atoms with Crippen molar-refractivity contribution < 1.29 is 14.3 Å². The number of rotatable bonds is 6. The highest BCUT2D eigenvalue weighted by molar-refractivity contribution is 7.17. The molecule has 36 heavy (non-hydrogen) atoms. The molecular weight excluding hydrogens is 492 g/mol. The normalized spacial score (nSPS) is 15.4. The van der Waals surface area contributed by atoms with Crippen molar-refractivity contribution in [2.75, 3.05) is 18.4 Å². The van der Waals surface area contributed by atoms with Crippen LogP contribution in [0.15, 0.2) is 24.5 Å². The van der Waals surface area contributed by atoms with E-state index in [4.69, 9.17) is 4.74 Å². The van der Waals surface area contributed by atoms with Crippen LogP contribution in [0.4, 0.5) is 9.80 Å². The molecule has 7 nitrogen and oxygen atoms in total. The lowest BCUT2D eigenvalue weighted by atomic mass is 10.0. The number of nitrogens with zero attached hydrogens (tertiary/aromatic N) is 2. The molecule has 0 radical (unpaired) electrons. The van der Waals surface area contributed by atoms with Crippen LogP contribution in [0.1, 0.15) is 70.9 Å². The fourth-order valence-electron chi connectivity index (χ4n) is 4.99. The number of anilines is 1. The number of nitrogens with one attached hydrogen (secondary N) is 2. The van der Waals surface area contributed by atoms with E-state index in [1.165, 1.54) is 32.2 Å². The van der Waals surface area contributed by atoms with E-state index in [0.717, 1.165) is 55.9 Å². The summed E-state index contributed by atoms with van der Waals surface area (Å²) < 4.78 is 7.81. The molecule has 1 aliphatic heterocycles. The summed E-state index contributed by atoms with van der Waals surface area (Å²) >= 11 is 3.31. The number of likely N-dealkylation sites (N-methyl/N-ethyl adjacent to an activating group) is 1. The van der Waals surface area contributed by atoms with E-state index in [2.05, 4.69) is 39.4 Å². The van der Waals surface area contributed by atoms with Crippen molar-refractivity contribution in [2.24, 2.45) is 0 Å². The second-order valence-corrected chi connectivity index (χ2v) is 12.6. The molecular formula is C27H34N4O3S2. The predicted octanol–water partition coefficient (Wildman–Crippen LogP) is 5.74. The summed E-state index contributed by atoms with van der Waals surface area (Å²) in [5, 5.41) is 7.80. The van der Waals surface area contributed by atoms with E-state index in [1.54, 1.807) is 0 Å². The second-order valence-electron chi connectivity index (χ2n) is 10.4. The lowest BCUT2D eigenvalue weighted by Crippen LogP contribution is -2.32. The Morgan fingerprint density at radius 2 is 1.83 bits per heavy atom. The van der Waals surface area contributed by atoms with Crippen LogP contribution < -0.4 is 10.6 Å². The average Bonchev–Trinajstić information content (AvgIpc) is 3.59. The molecule has 0 unspecified atom stereocenters. The van der Waals surface area contributed by atoms with Crippen molar-refractivity contribution in [2.45, 2.75) is 72.1 Å². The van der Waals surface area contributed by atoms with Gasteiger partial charge in [0, 0.05) is 47.3 Å². The molecule has 2 amide bonds. The summed E-state index contributed by atoms with van der Waals surface area (Å²) in [7, 11) is 0. The first-order valence-electron chi connectivity index (χ1n) is 12.7. The largest absolute Gasteiger partial charge is 0.456 e. The highest BCUT2D eigenvalue weighted by Gasteiger charge is 2.31. The Labute approximate surface area is 220 Å². The van der Waals surface area contributed by atoms with Gasteiger partial charge in [-0.3, -0.25) is 10.2 Å². The van der Waals surface area contributed by atoms with Gasteiger partial charge in [0.2, 0.25) is 0 Å². The van der Waals surface area contributed by atoms with Gasteiger partial charge in [0.15, 0.2) is 0 Å². The number of fused-ring (bicyclic) bond motifs is 2. The summed E-state index contributed by atoms with van der Waals surface area (Å²) in [6, 6.07) is 3.74. The van der Waals surface area contributed by atoms with Crippen molar-refractivity contribution in [1.82, 2.24) is 14.8 Å². The van der Waals surface area contributed by atoms with Crippen LogP contribution in [0.25, 0.3) is 5.00 Å². The topological polar surface area (TPSA) is 75.6 Å². The number of esters is 1. The molecule has 192 valence electrons. The maximum absolute atomic E-state index is 13.1. The number of carbonyl (C=O) groups excluding carboxylic acids is 2. The van der Waals surface area contributed by atoms with Crippen LogP contribution in [0, 0.1) is 0 Å². The summed E-state index contributed by atoms with van der Waals surface area (Å²) in [5.41, 5.74) is 3.51. The molecule has 9 heteroatoms. The molecule has 0 aromatic carbocycles. The number of aromatic nitrogens is 1. The summed E-state index contributed by atoms with van der Waals surface area (Å²) in [5.74, 6) is -0.362. The van der Waals surface area contributed by atoms with Gasteiger partial charge in [0.25, 0.3) is 0 Å². The number of thiophene rings is 2. The first kappa shape index (κ1) is 25.0. The maximum atomic E-state index is 13.1. The van der Waals surface area contributed by atoms with Crippen LogP contribution in [-0.2, 0) is 37.1 Å². The molecule has 0 saturated carbocycles. The van der Waals surface area contributed by atoms with Gasteiger partial charge in [-0.2, -0.15) is 0 Å². The van der Waals surface area contributed by atoms with E-state index in [0.29, 0.717) is 17.1 Å². The Bertz CT molecular complexity index is 1270. The minimum Gasteiger partial charge on any atom is -0.456 e. The van der Waals surface area contributed by atoms with Gasteiger partial charge < -0.3 is 14.6 Å². The Kier molecular flexibility index (Phi) is 6.98. The zero-order chi connectivity index (χ0) is 25.4. The zero-order valence-corrected chi connectivity index (χ0v) is 23.0. The highest BCUT2D eigenvalue weighted by atomic mass is 32.1. The van der Waals surface area contributed by atoms with E-state index in [1.807, 2.05) is 44.2 Å². The van der Waals surface area contributed by atoms with Crippen molar-refractivity contribution in [3.8, 4) is 5.00 Å². The zero-order valence-electron chi connectivity index (χ0n) is 21.4. The Morgan fingerprint density at radius 3 is 2.56 bits per heavy atom. The van der Waals surface area contributed by atoms with Gasteiger partial charge in [0.05, 0.1) is 5.56 Å². The van der Waals surface area contributed by atoms with Crippen LogP contribution in [-0.4, -0.2) is 40.2 Å². The van der Waals surface area contributed by atoms with Crippen molar-refractivity contribution in [3.63, 3.8) is 0 Å². The SMILES string of the molecule is CCN1CCc2c(sc(-n3cccc3)c2CNC(=O)Nc2sc3c(c2C(=O)OC(C)(C)C)CCC3)C1. The number of hydrogen-bond donors (Lipinski definition) is 2. The smallest absolute Gasteiger partial charge is 0.341 e. The Hall–Kier alpha value is -2.62. The van der Waals surface area contributed by atoms with E-state index in [9.17, 15) is 9.59 Å². The standard InChI is InChI=1S/C27H34N4O3S2/c1-5-30-14-11-17-19(24(36-21(17)16-30)31-12-6-7-13-31)15-28-26(33)29-23-22(25(32)34-27(2,3)4)18-9-8-10-20(18)35-23/h6-7,12-13H,5,8-11,14-16H2,1-4H3,(H2,28,29,33). The third-order valence-electron chi connectivity index (χ3n) is 6.69. The van der Waals surface area contributed by atoms with E-state index < -0.39 is 5.60 Å². The van der Waals surface area contributed by atoms with E-state index >= 15 is 0 Å². The molecule has 1 aliphatic carbocycles. The number of carbonyl (C=O) groups is 2. The molecule has 0 fully saturated rings. The number of hydrogen-bond acceptors (Lipinski definition) is 6. The third-order valence-corrected chi connectivity index (χ3v) is 9.17. The molecule has 0 spiro atoms. The molecule has 4 heterocycles. The van der Waals surface area contributed by atoms with Gasteiger partial charge in [-0.25, -0.2) is 9.59 Å². The summed E-state index contributed by atoms with van der Waals surface area (Å²) in [4.78, 5) is 31.1. The first-order chi connectivity index (χ1) is 17.2. The van der Waals surface area contributed by atoms with E-state index in [-0.39, 0.29) is 12.0 Å². The minimum absolute atomic E-state index is 0.302. The van der Waals surface area contributed by atoms with Crippen LogP contribution in [0.2, 0.25) is 0 Å². The van der Waals surface area contributed by atoms with Crippen LogP contribution in [0.3, 0.4) is 0 Å². The molecule has 3 aromatic rings. The first-order valence-corrected chi connectivity index (χ1v) is 14.3. The fourth-order valence-corrected chi connectivity index (χ4v) is 7.64. The number of ether oxygens (including phenoxy) is 1. The molecule has 2 aliphatic rings. The summed E-state index contributed by atoms with van der Waals surface area (Å²) in [6.07, 6.45) is 7.91. The number of amides is 2. The monoisotopic (exact) mass is 526 g/mol. The molecule has 2 N–H and O–H groups in total. The molecule has 0 bridgehead atoms. The van der Waals surface area contributed by atoms with Crippen molar-refractivity contribution in [3.05, 3.63) is 56.5 Å². The molecule has 0 saturated heterocycles. The lowest BCUT2D eigenvalue weighted by molar-refractivity contribution is 0.00702. The van der Waals surface area contributed by atoms with Crippen molar-refractivity contribution in [1.29, 1.82) is 0 Å². The van der Waals surface area contributed by atoms with Gasteiger partial charge >= 0.3 is 12.0 Å². The molecule has 3 aromatic heterocycles. The predicted molar refractivity (Wildman–Crippen MR) is 146 cm³/mol. The summed E-state index contributed by atoms with van der Waals surface area (Å²) in [6.45, 7) is 11.2. The van der Waals surface area contributed by atoms with Gasteiger partial charge in [-0.15, -0.1) is 22.7 Å². The number of aryl methyl sites for hydroxylation is 1. The number of urea groups is 1. The van der Waals surface area contributed by atoms with Crippen LogP contribution >= 0.6 is 22.7 Å². The van der Waals surface area contributed by atoms with Gasteiger partial charge in [-0.1, -0.05) is 6.92 Å².